The van der Waals surface area contributed by atoms with Crippen molar-refractivity contribution < 1.29 is 32.9 Å². The van der Waals surface area contributed by atoms with Crippen molar-refractivity contribution in [3.8, 4) is 0 Å². The average Bonchev–Trinajstić information content (AvgIpc) is 1.72. The molecule has 8 heteroatoms. The van der Waals surface area contributed by atoms with Gasteiger partial charge in [-0.05, 0) is 0 Å². The number of aromatic nitrogens is 2. The van der Waals surface area contributed by atoms with E-state index in [-0.39, 0.29) is 32.9 Å². The molecule has 0 aromatic carbocycles. The molecule has 0 amide bonds. The van der Waals surface area contributed by atoms with Crippen molar-refractivity contribution in [3.05, 3.63) is 24.8 Å². The van der Waals surface area contributed by atoms with Gasteiger partial charge in [-0.25, -0.2) is 0 Å². The van der Waals surface area contributed by atoms with E-state index in [9.17, 15) is 0 Å². The Morgan fingerprint density at radius 1 is 0.417 bits per heavy atom. The summed E-state index contributed by atoms with van der Waals surface area (Å²) in [5, 5.41) is 0. The summed E-state index contributed by atoms with van der Waals surface area (Å²) in [6.45, 7) is 0. The SMILES string of the molecule is O.O.O.O.O.O.c1cnccn1. The Balaban J connectivity index is -0.0000000150. The van der Waals surface area contributed by atoms with Crippen LogP contribution in [0.5, 0.6) is 0 Å². The minimum atomic E-state index is 0. The van der Waals surface area contributed by atoms with Gasteiger partial charge in [0.15, 0.2) is 0 Å². The van der Waals surface area contributed by atoms with Crippen LogP contribution in [0.2, 0.25) is 0 Å². The van der Waals surface area contributed by atoms with Gasteiger partial charge in [-0.1, -0.05) is 0 Å². The van der Waals surface area contributed by atoms with E-state index in [4.69, 9.17) is 0 Å². The van der Waals surface area contributed by atoms with Crippen molar-refractivity contribution in [1.82, 2.24) is 9.97 Å². The van der Waals surface area contributed by atoms with E-state index in [2.05, 4.69) is 9.97 Å². The van der Waals surface area contributed by atoms with Gasteiger partial charge in [0.25, 0.3) is 0 Å². The van der Waals surface area contributed by atoms with Crippen molar-refractivity contribution in [3.63, 3.8) is 0 Å². The van der Waals surface area contributed by atoms with Gasteiger partial charge in [-0.15, -0.1) is 0 Å². The normalized spacial score (nSPS) is 4.00. The van der Waals surface area contributed by atoms with E-state index < -0.39 is 0 Å². The zero-order chi connectivity index (χ0) is 4.24. The molecule has 0 aliphatic carbocycles. The molecule has 1 heterocycles. The minimum absolute atomic E-state index is 0. The van der Waals surface area contributed by atoms with Crippen LogP contribution in [-0.2, 0) is 0 Å². The summed E-state index contributed by atoms with van der Waals surface area (Å²) in [7, 11) is 0. The van der Waals surface area contributed by atoms with Gasteiger partial charge in [0.05, 0.1) is 0 Å². The highest BCUT2D eigenvalue weighted by molar-refractivity contribution is 4.70. The molecule has 0 unspecified atom stereocenters. The van der Waals surface area contributed by atoms with Crippen LogP contribution in [-0.4, -0.2) is 42.8 Å². The van der Waals surface area contributed by atoms with Gasteiger partial charge >= 0.3 is 0 Å². The van der Waals surface area contributed by atoms with Gasteiger partial charge in [0.1, 0.15) is 0 Å². The summed E-state index contributed by atoms with van der Waals surface area (Å²) in [5.74, 6) is 0. The van der Waals surface area contributed by atoms with Crippen molar-refractivity contribution in [2.24, 2.45) is 0 Å². The molecule has 0 fully saturated rings. The second kappa shape index (κ2) is 32.8. The third-order valence-corrected chi connectivity index (χ3v) is 0.478. The lowest BCUT2D eigenvalue weighted by atomic mass is 10.8. The van der Waals surface area contributed by atoms with Crippen molar-refractivity contribution >= 4 is 0 Å². The van der Waals surface area contributed by atoms with E-state index >= 15 is 0 Å². The molecular formula is C4H16N2O6. The molecular weight excluding hydrogens is 172 g/mol. The summed E-state index contributed by atoms with van der Waals surface area (Å²) >= 11 is 0. The summed E-state index contributed by atoms with van der Waals surface area (Å²) in [4.78, 5) is 7.44. The largest absolute Gasteiger partial charge is 0.412 e. The first-order valence-electron chi connectivity index (χ1n) is 1.70. The highest BCUT2D eigenvalue weighted by atomic mass is 16.0. The smallest absolute Gasteiger partial charge is 0.0451 e. The maximum Gasteiger partial charge on any atom is 0.0451 e. The summed E-state index contributed by atoms with van der Waals surface area (Å²) < 4.78 is 0. The molecule has 0 atom stereocenters. The van der Waals surface area contributed by atoms with Crippen molar-refractivity contribution in [2.75, 3.05) is 0 Å². The summed E-state index contributed by atoms with van der Waals surface area (Å²) in [6, 6.07) is 0. The fourth-order valence-corrected chi connectivity index (χ4v) is 0.253. The topological polar surface area (TPSA) is 215 Å². The van der Waals surface area contributed by atoms with Gasteiger partial charge in [-0.2, -0.15) is 0 Å². The molecule has 0 saturated carbocycles. The lowest BCUT2D eigenvalue weighted by Crippen LogP contribution is -1.66. The number of hydrogen-bond donors (Lipinski definition) is 0. The number of hydrogen-bond acceptors (Lipinski definition) is 2. The van der Waals surface area contributed by atoms with E-state index in [0.717, 1.165) is 0 Å². The van der Waals surface area contributed by atoms with E-state index in [1.807, 2.05) is 0 Å². The first-order valence-corrected chi connectivity index (χ1v) is 1.70. The van der Waals surface area contributed by atoms with Crippen molar-refractivity contribution in [2.45, 2.75) is 0 Å². The van der Waals surface area contributed by atoms with E-state index in [1.165, 1.54) is 0 Å². The predicted molar refractivity (Wildman–Crippen MR) is 43.7 cm³/mol. The van der Waals surface area contributed by atoms with Crippen LogP contribution in [0.25, 0.3) is 0 Å². The Labute approximate surface area is 68.8 Å². The van der Waals surface area contributed by atoms with Crippen LogP contribution >= 0.6 is 0 Å². The Morgan fingerprint density at radius 2 is 0.583 bits per heavy atom. The lowest BCUT2D eigenvalue weighted by Gasteiger charge is -1.70. The van der Waals surface area contributed by atoms with Crippen molar-refractivity contribution in [1.29, 1.82) is 0 Å². The highest BCUT2D eigenvalue weighted by Crippen LogP contribution is 1.65. The Bertz CT molecular complexity index is 89.5. The monoisotopic (exact) mass is 188 g/mol. The Kier molecular flexibility index (Phi) is 123. The van der Waals surface area contributed by atoms with E-state index in [1.54, 1.807) is 24.8 Å². The van der Waals surface area contributed by atoms with Gasteiger partial charge < -0.3 is 32.9 Å². The minimum Gasteiger partial charge on any atom is -0.412 e. The second-order valence-corrected chi connectivity index (χ2v) is 0.894. The molecule has 1 aromatic rings. The molecule has 12 heavy (non-hydrogen) atoms. The average molecular weight is 188 g/mol. The summed E-state index contributed by atoms with van der Waals surface area (Å²) in [6.07, 6.45) is 6.56. The Hall–Kier alpha value is -1.16. The maximum absolute atomic E-state index is 3.72. The van der Waals surface area contributed by atoms with Crippen LogP contribution in [0.1, 0.15) is 0 Å². The highest BCUT2D eigenvalue weighted by Gasteiger charge is 1.59. The molecule has 8 nitrogen and oxygen atoms in total. The fourth-order valence-electron chi connectivity index (χ4n) is 0.253. The molecule has 0 radical (unpaired) electrons. The fraction of sp³-hybridized carbons (Fsp3) is 0. The number of rotatable bonds is 0. The molecule has 1 aromatic heterocycles. The zero-order valence-corrected chi connectivity index (χ0v) is 6.20. The van der Waals surface area contributed by atoms with E-state index in [0.29, 0.717) is 0 Å². The molecule has 0 aliphatic heterocycles. The van der Waals surface area contributed by atoms with Crippen LogP contribution in [0.15, 0.2) is 24.8 Å². The van der Waals surface area contributed by atoms with Crippen LogP contribution < -0.4 is 0 Å². The van der Waals surface area contributed by atoms with Crippen LogP contribution in [0.4, 0.5) is 0 Å². The molecule has 0 aliphatic rings. The van der Waals surface area contributed by atoms with Gasteiger partial charge in [-0.3, -0.25) is 9.97 Å². The number of nitrogens with zero attached hydrogens (tertiary/aromatic N) is 2. The maximum atomic E-state index is 3.72. The molecule has 0 spiro atoms. The van der Waals surface area contributed by atoms with Crippen LogP contribution in [0, 0.1) is 0 Å². The second-order valence-electron chi connectivity index (χ2n) is 0.894. The molecule has 0 saturated heterocycles. The van der Waals surface area contributed by atoms with Crippen LogP contribution in [0.3, 0.4) is 0 Å². The Morgan fingerprint density at radius 3 is 0.667 bits per heavy atom. The molecule has 12 N–H and O–H groups in total. The van der Waals surface area contributed by atoms with Gasteiger partial charge in [0, 0.05) is 24.8 Å². The molecule has 1 rings (SSSR count). The van der Waals surface area contributed by atoms with Gasteiger partial charge in [0.2, 0.25) is 0 Å². The predicted octanol–water partition coefficient (Wildman–Crippen LogP) is -4.47. The molecule has 0 bridgehead atoms. The third kappa shape index (κ3) is 23.2. The first-order chi connectivity index (χ1) is 3.00. The lowest BCUT2D eigenvalue weighted by molar-refractivity contribution is 0.823. The standard InChI is InChI=1S/C4H4N2.6H2O/c1-2-6-4-3-5-1;;;;;;/h1-4H;6*1H2. The zero-order valence-electron chi connectivity index (χ0n) is 6.20. The third-order valence-electron chi connectivity index (χ3n) is 0.478. The molecule has 78 valence electrons. The first kappa shape index (κ1) is 44.8. The quantitative estimate of drug-likeness (QED) is 0.393. The summed E-state index contributed by atoms with van der Waals surface area (Å²) in [5.41, 5.74) is 0.